The highest BCUT2D eigenvalue weighted by molar-refractivity contribution is 7.99. The third kappa shape index (κ3) is 2.92. The smallest absolute Gasteiger partial charge is 0.0913 e. The van der Waals surface area contributed by atoms with Crippen molar-refractivity contribution in [1.29, 1.82) is 0 Å². The van der Waals surface area contributed by atoms with Gasteiger partial charge >= 0.3 is 0 Å². The minimum Gasteiger partial charge on any atom is -0.385 e. The molecular weight excluding hydrogens is 292 g/mol. The number of rotatable bonds is 5. The Hall–Kier alpha value is -0.970. The molecule has 3 nitrogen and oxygen atoms in total. The van der Waals surface area contributed by atoms with Crippen LogP contribution in [0.3, 0.4) is 0 Å². The summed E-state index contributed by atoms with van der Waals surface area (Å²) in [6, 6.07) is 9.43. The van der Waals surface area contributed by atoms with Crippen molar-refractivity contribution in [2.75, 3.05) is 18.1 Å². The van der Waals surface area contributed by atoms with Crippen LogP contribution in [0, 0.1) is 0 Å². The Morgan fingerprint density at radius 3 is 2.82 bits per heavy atom. The van der Waals surface area contributed by atoms with E-state index in [0.717, 1.165) is 49.0 Å². The van der Waals surface area contributed by atoms with Crippen LogP contribution in [0.5, 0.6) is 0 Å². The Balaban J connectivity index is 1.57. The van der Waals surface area contributed by atoms with E-state index >= 15 is 0 Å². The summed E-state index contributed by atoms with van der Waals surface area (Å²) in [5.41, 5.74) is 1.72. The summed E-state index contributed by atoms with van der Waals surface area (Å²) in [5, 5.41) is 15.8. The van der Waals surface area contributed by atoms with E-state index in [9.17, 15) is 5.11 Å². The average molecular weight is 316 g/mol. The van der Waals surface area contributed by atoms with E-state index in [4.69, 9.17) is 0 Å². The van der Waals surface area contributed by atoms with E-state index in [-0.39, 0.29) is 0 Å². The second kappa shape index (κ2) is 5.91. The van der Waals surface area contributed by atoms with Gasteiger partial charge in [0.2, 0.25) is 0 Å². The fraction of sp³-hybridized carbons (Fsp3) is 0.556. The summed E-state index contributed by atoms with van der Waals surface area (Å²) in [6.45, 7) is 2.03. The summed E-state index contributed by atoms with van der Waals surface area (Å²) in [4.78, 5) is 0. The summed E-state index contributed by atoms with van der Waals surface area (Å²) in [7, 11) is 0. The van der Waals surface area contributed by atoms with Crippen LogP contribution in [0.4, 0.5) is 0 Å². The lowest BCUT2D eigenvalue weighted by Gasteiger charge is -2.32. The lowest BCUT2D eigenvalue weighted by atomic mass is 9.88. The van der Waals surface area contributed by atoms with Crippen molar-refractivity contribution in [3.63, 3.8) is 0 Å². The normalized spacial score (nSPS) is 21.3. The number of thioether (sulfide) groups is 1. The summed E-state index contributed by atoms with van der Waals surface area (Å²) in [5.74, 6) is 2.11. The SMILES string of the molecule is OC1(c2ccc3ccn(CCNC4CC4)c3c2)CCSCC1. The fourth-order valence-corrected chi connectivity index (χ4v) is 4.51. The van der Waals surface area contributed by atoms with Gasteiger partial charge in [0.05, 0.1) is 5.60 Å². The lowest BCUT2D eigenvalue weighted by molar-refractivity contribution is 0.0282. The van der Waals surface area contributed by atoms with Crippen LogP contribution in [0.15, 0.2) is 30.5 Å². The third-order valence-corrected chi connectivity index (χ3v) is 5.98. The van der Waals surface area contributed by atoms with E-state index in [1.165, 1.54) is 23.7 Å². The molecule has 22 heavy (non-hydrogen) atoms. The van der Waals surface area contributed by atoms with E-state index < -0.39 is 5.60 Å². The highest BCUT2D eigenvalue weighted by Gasteiger charge is 2.31. The molecule has 1 aromatic carbocycles. The van der Waals surface area contributed by atoms with Crippen molar-refractivity contribution < 1.29 is 5.11 Å². The molecule has 2 heterocycles. The molecular formula is C18H24N2OS. The Morgan fingerprint density at radius 1 is 1.23 bits per heavy atom. The van der Waals surface area contributed by atoms with Crippen LogP contribution in [-0.4, -0.2) is 33.8 Å². The van der Waals surface area contributed by atoms with Gasteiger partial charge in [-0.3, -0.25) is 0 Å². The maximum absolute atomic E-state index is 11.0. The molecule has 1 saturated heterocycles. The number of fused-ring (bicyclic) bond motifs is 1. The van der Waals surface area contributed by atoms with Gasteiger partial charge in [-0.25, -0.2) is 0 Å². The van der Waals surface area contributed by atoms with Crippen LogP contribution in [0.2, 0.25) is 0 Å². The first kappa shape index (κ1) is 14.6. The molecule has 1 aliphatic carbocycles. The zero-order valence-electron chi connectivity index (χ0n) is 12.9. The molecule has 2 aromatic rings. The number of aromatic nitrogens is 1. The maximum atomic E-state index is 11.0. The summed E-state index contributed by atoms with van der Waals surface area (Å²) in [6.07, 6.45) is 6.58. The van der Waals surface area contributed by atoms with Gasteiger partial charge in [-0.2, -0.15) is 11.8 Å². The zero-order chi connectivity index (χ0) is 15.0. The first-order valence-electron chi connectivity index (χ1n) is 8.37. The molecule has 118 valence electrons. The van der Waals surface area contributed by atoms with E-state index in [0.29, 0.717) is 0 Å². The van der Waals surface area contributed by atoms with Gasteiger partial charge in [-0.05, 0) is 60.3 Å². The number of nitrogens with one attached hydrogen (secondary N) is 1. The quantitative estimate of drug-likeness (QED) is 0.890. The van der Waals surface area contributed by atoms with Crippen LogP contribution >= 0.6 is 11.8 Å². The van der Waals surface area contributed by atoms with E-state index in [1.807, 2.05) is 11.8 Å². The van der Waals surface area contributed by atoms with Gasteiger partial charge in [0.15, 0.2) is 0 Å². The second-order valence-corrected chi connectivity index (χ2v) is 7.88. The molecule has 0 unspecified atom stereocenters. The zero-order valence-corrected chi connectivity index (χ0v) is 13.7. The van der Waals surface area contributed by atoms with Crippen LogP contribution in [0.25, 0.3) is 10.9 Å². The first-order chi connectivity index (χ1) is 10.7. The maximum Gasteiger partial charge on any atom is 0.0913 e. The fourth-order valence-electron chi connectivity index (χ4n) is 3.34. The van der Waals surface area contributed by atoms with Crippen molar-refractivity contribution in [2.24, 2.45) is 0 Å². The molecule has 0 atom stereocenters. The number of benzene rings is 1. The van der Waals surface area contributed by atoms with Crippen LogP contribution < -0.4 is 5.32 Å². The average Bonchev–Trinajstić information content (AvgIpc) is 3.27. The Labute approximate surface area is 136 Å². The van der Waals surface area contributed by atoms with Gasteiger partial charge in [0.25, 0.3) is 0 Å². The predicted molar refractivity (Wildman–Crippen MR) is 93.4 cm³/mol. The van der Waals surface area contributed by atoms with Gasteiger partial charge in [-0.15, -0.1) is 0 Å². The second-order valence-electron chi connectivity index (χ2n) is 6.66. The summed E-state index contributed by atoms with van der Waals surface area (Å²) >= 11 is 1.95. The minimum absolute atomic E-state index is 0.624. The van der Waals surface area contributed by atoms with Crippen molar-refractivity contribution in [3.05, 3.63) is 36.0 Å². The summed E-state index contributed by atoms with van der Waals surface area (Å²) < 4.78 is 2.31. The molecule has 0 bridgehead atoms. The van der Waals surface area contributed by atoms with Crippen molar-refractivity contribution in [1.82, 2.24) is 9.88 Å². The standard InChI is InChI=1S/C18H24N2OS/c21-18(6-11-22-12-7-18)15-2-1-14-5-9-20(17(14)13-15)10-8-19-16-3-4-16/h1-2,5,9,13,16,19,21H,3-4,6-8,10-12H2. The number of aliphatic hydroxyl groups is 1. The van der Waals surface area contributed by atoms with Crippen molar-refractivity contribution in [2.45, 2.75) is 43.9 Å². The first-order valence-corrected chi connectivity index (χ1v) is 9.53. The molecule has 4 heteroatoms. The van der Waals surface area contributed by atoms with Gasteiger partial charge in [0, 0.05) is 30.8 Å². The molecule has 0 radical (unpaired) electrons. The van der Waals surface area contributed by atoms with E-state index in [1.54, 1.807) is 0 Å². The Kier molecular flexibility index (Phi) is 3.93. The molecule has 1 aromatic heterocycles. The molecule has 1 saturated carbocycles. The van der Waals surface area contributed by atoms with Crippen LogP contribution in [0.1, 0.15) is 31.2 Å². The molecule has 2 aliphatic rings. The Bertz CT molecular complexity index is 656. The van der Waals surface area contributed by atoms with Crippen molar-refractivity contribution >= 4 is 22.7 Å². The molecule has 0 spiro atoms. The molecule has 1 aliphatic heterocycles. The van der Waals surface area contributed by atoms with Gasteiger partial charge in [0.1, 0.15) is 0 Å². The highest BCUT2D eigenvalue weighted by Crippen LogP contribution is 2.37. The molecule has 4 rings (SSSR count). The highest BCUT2D eigenvalue weighted by atomic mass is 32.2. The molecule has 2 fully saturated rings. The lowest BCUT2D eigenvalue weighted by Crippen LogP contribution is -2.30. The largest absolute Gasteiger partial charge is 0.385 e. The monoisotopic (exact) mass is 316 g/mol. The van der Waals surface area contributed by atoms with Crippen molar-refractivity contribution in [3.8, 4) is 0 Å². The number of nitrogens with zero attached hydrogens (tertiary/aromatic N) is 1. The van der Waals surface area contributed by atoms with E-state index in [2.05, 4.69) is 40.3 Å². The number of hydrogen-bond donors (Lipinski definition) is 2. The van der Waals surface area contributed by atoms with Crippen LogP contribution in [-0.2, 0) is 12.1 Å². The Morgan fingerprint density at radius 2 is 2.05 bits per heavy atom. The predicted octanol–water partition coefficient (Wildman–Crippen LogP) is 3.11. The molecule has 0 amide bonds. The third-order valence-electron chi connectivity index (χ3n) is 4.99. The topological polar surface area (TPSA) is 37.2 Å². The molecule has 2 N–H and O–H groups in total. The minimum atomic E-state index is -0.624. The van der Waals surface area contributed by atoms with Gasteiger partial charge in [-0.1, -0.05) is 12.1 Å². The number of hydrogen-bond acceptors (Lipinski definition) is 3. The van der Waals surface area contributed by atoms with Gasteiger partial charge < -0.3 is 15.0 Å².